The molecule has 8 heteroatoms. The van der Waals surface area contributed by atoms with Crippen molar-refractivity contribution in [1.29, 1.82) is 0 Å². The molecule has 1 aliphatic heterocycles. The van der Waals surface area contributed by atoms with Gasteiger partial charge in [0.15, 0.2) is 4.77 Å². The van der Waals surface area contributed by atoms with Crippen LogP contribution in [0.2, 0.25) is 0 Å². The van der Waals surface area contributed by atoms with Crippen LogP contribution in [0.5, 0.6) is 5.88 Å². The van der Waals surface area contributed by atoms with Gasteiger partial charge in [0, 0.05) is 13.5 Å². The van der Waals surface area contributed by atoms with Gasteiger partial charge in [0.2, 0.25) is 11.8 Å². The van der Waals surface area contributed by atoms with Gasteiger partial charge < -0.3 is 10.0 Å². The Hall–Kier alpha value is -3.26. The lowest BCUT2D eigenvalue weighted by molar-refractivity contribution is -0.130. The number of carbonyl (C=O) groups excluding carboxylic acids is 1. The van der Waals surface area contributed by atoms with E-state index in [1.54, 1.807) is 11.0 Å². The number of benzene rings is 2. The zero-order valence-electron chi connectivity index (χ0n) is 15.6. The maximum absolute atomic E-state index is 13.8. The van der Waals surface area contributed by atoms with Crippen molar-refractivity contribution >= 4 is 18.1 Å². The number of rotatable bonds is 2. The summed E-state index contributed by atoms with van der Waals surface area (Å²) >= 11 is 5.22. The van der Waals surface area contributed by atoms with E-state index in [0.29, 0.717) is 13.0 Å². The van der Waals surface area contributed by atoms with Crippen molar-refractivity contribution < 1.29 is 14.3 Å². The molecule has 1 aliphatic rings. The SMILES string of the molecule is CC(=O)N1CCc2ccccc2C1c1c(O)n(-c2cccc(F)c2)c(=S)[nH]c1=O. The molecule has 0 fully saturated rings. The van der Waals surface area contributed by atoms with Gasteiger partial charge in [-0.15, -0.1) is 0 Å². The number of hydrogen-bond acceptors (Lipinski definition) is 4. The minimum Gasteiger partial charge on any atom is -0.494 e. The van der Waals surface area contributed by atoms with Crippen LogP contribution in [0.4, 0.5) is 4.39 Å². The molecule has 1 atom stereocenters. The zero-order valence-corrected chi connectivity index (χ0v) is 16.4. The van der Waals surface area contributed by atoms with Crippen LogP contribution >= 0.6 is 12.2 Å². The minimum atomic E-state index is -0.781. The van der Waals surface area contributed by atoms with Gasteiger partial charge in [0.05, 0.1) is 11.7 Å². The van der Waals surface area contributed by atoms with E-state index in [1.807, 2.05) is 24.3 Å². The van der Waals surface area contributed by atoms with Crippen molar-refractivity contribution in [1.82, 2.24) is 14.5 Å². The van der Waals surface area contributed by atoms with E-state index in [0.717, 1.165) is 11.1 Å². The summed E-state index contributed by atoms with van der Waals surface area (Å²) in [5, 5.41) is 11.1. The molecule has 2 N–H and O–H groups in total. The molecule has 0 saturated carbocycles. The highest BCUT2D eigenvalue weighted by Crippen LogP contribution is 2.37. The monoisotopic (exact) mass is 411 g/mol. The Balaban J connectivity index is 2.02. The van der Waals surface area contributed by atoms with Gasteiger partial charge in [0.1, 0.15) is 11.4 Å². The van der Waals surface area contributed by atoms with E-state index in [2.05, 4.69) is 4.98 Å². The van der Waals surface area contributed by atoms with E-state index in [1.165, 1.54) is 29.7 Å². The average Bonchev–Trinajstić information content (AvgIpc) is 2.67. The van der Waals surface area contributed by atoms with Gasteiger partial charge in [-0.25, -0.2) is 4.39 Å². The summed E-state index contributed by atoms with van der Waals surface area (Å²) in [5.74, 6) is -1.15. The number of aromatic amines is 1. The standard InChI is InChI=1S/C21H18FN3O3S/c1-12(26)24-10-9-13-5-2-3-8-16(13)18(24)17-19(27)23-21(29)25(20(17)28)15-7-4-6-14(22)11-15/h2-8,11,18,28H,9-10H2,1H3,(H,23,27,29). The lowest BCUT2D eigenvalue weighted by Crippen LogP contribution is -2.41. The second-order valence-corrected chi connectivity index (χ2v) is 7.26. The van der Waals surface area contributed by atoms with Crippen molar-refractivity contribution in [3.8, 4) is 11.6 Å². The topological polar surface area (TPSA) is 78.3 Å². The normalized spacial score (nSPS) is 15.8. The number of H-pyrrole nitrogens is 1. The molecule has 0 aliphatic carbocycles. The number of amides is 1. The number of fused-ring (bicyclic) bond motifs is 1. The predicted octanol–water partition coefficient (Wildman–Crippen LogP) is 3.23. The fourth-order valence-corrected chi connectivity index (χ4v) is 4.14. The van der Waals surface area contributed by atoms with Crippen molar-refractivity contribution in [2.24, 2.45) is 0 Å². The summed E-state index contributed by atoms with van der Waals surface area (Å²) in [6.45, 7) is 1.83. The molecule has 0 bridgehead atoms. The Morgan fingerprint density at radius 2 is 2.00 bits per heavy atom. The summed E-state index contributed by atoms with van der Waals surface area (Å²) in [4.78, 5) is 29.3. The third kappa shape index (κ3) is 3.25. The van der Waals surface area contributed by atoms with E-state index in [9.17, 15) is 19.1 Å². The zero-order chi connectivity index (χ0) is 20.7. The number of carbonyl (C=O) groups is 1. The first-order valence-electron chi connectivity index (χ1n) is 9.07. The number of hydrogen-bond donors (Lipinski definition) is 2. The van der Waals surface area contributed by atoms with Crippen LogP contribution in [-0.2, 0) is 11.2 Å². The van der Waals surface area contributed by atoms with Crippen LogP contribution in [0.3, 0.4) is 0 Å². The Kier molecular flexibility index (Phi) is 4.79. The van der Waals surface area contributed by atoms with Crippen LogP contribution in [0.1, 0.15) is 29.7 Å². The second kappa shape index (κ2) is 7.29. The number of halogens is 1. The van der Waals surface area contributed by atoms with Gasteiger partial charge in [-0.2, -0.15) is 0 Å². The highest BCUT2D eigenvalue weighted by Gasteiger charge is 2.35. The molecule has 29 heavy (non-hydrogen) atoms. The Labute approximate surface area is 170 Å². The maximum atomic E-state index is 13.8. The lowest BCUT2D eigenvalue weighted by Gasteiger charge is -2.37. The molecular formula is C21H18FN3O3S. The highest BCUT2D eigenvalue weighted by molar-refractivity contribution is 7.71. The molecule has 2 aromatic carbocycles. The predicted molar refractivity (Wildman–Crippen MR) is 108 cm³/mol. The number of nitrogens with one attached hydrogen (secondary N) is 1. The van der Waals surface area contributed by atoms with Gasteiger partial charge in [-0.05, 0) is 48.0 Å². The molecule has 4 rings (SSSR count). The summed E-state index contributed by atoms with van der Waals surface area (Å²) in [6.07, 6.45) is 0.647. The summed E-state index contributed by atoms with van der Waals surface area (Å²) in [5.41, 5.74) is 1.42. The number of aromatic nitrogens is 2. The van der Waals surface area contributed by atoms with Crippen LogP contribution in [0, 0.1) is 10.6 Å². The van der Waals surface area contributed by atoms with E-state index < -0.39 is 23.3 Å². The molecule has 0 saturated heterocycles. The minimum absolute atomic E-state index is 0.00906. The number of aromatic hydroxyl groups is 1. The van der Waals surface area contributed by atoms with Gasteiger partial charge in [0.25, 0.3) is 5.56 Å². The van der Waals surface area contributed by atoms with Gasteiger partial charge >= 0.3 is 0 Å². The largest absolute Gasteiger partial charge is 0.494 e. The maximum Gasteiger partial charge on any atom is 0.261 e. The van der Waals surface area contributed by atoms with Crippen LogP contribution in [0.25, 0.3) is 5.69 Å². The van der Waals surface area contributed by atoms with Crippen LogP contribution in [-0.4, -0.2) is 32.0 Å². The van der Waals surface area contributed by atoms with Crippen molar-refractivity contribution in [3.63, 3.8) is 0 Å². The fourth-order valence-electron chi connectivity index (χ4n) is 3.86. The van der Waals surface area contributed by atoms with Crippen LogP contribution in [0.15, 0.2) is 53.3 Å². The Morgan fingerprint density at radius 3 is 2.72 bits per heavy atom. The van der Waals surface area contributed by atoms with Crippen LogP contribution < -0.4 is 5.56 Å². The quantitative estimate of drug-likeness (QED) is 0.635. The molecule has 1 aromatic heterocycles. The molecule has 148 valence electrons. The summed E-state index contributed by atoms with van der Waals surface area (Å²) in [7, 11) is 0. The molecule has 0 spiro atoms. The number of nitrogens with zero attached hydrogens (tertiary/aromatic N) is 2. The lowest BCUT2D eigenvalue weighted by atomic mass is 9.89. The van der Waals surface area contributed by atoms with E-state index in [-0.39, 0.29) is 21.9 Å². The second-order valence-electron chi connectivity index (χ2n) is 6.88. The third-order valence-electron chi connectivity index (χ3n) is 5.15. The molecular weight excluding hydrogens is 393 g/mol. The first-order valence-corrected chi connectivity index (χ1v) is 9.48. The molecule has 3 aromatic rings. The first-order chi connectivity index (χ1) is 13.9. The molecule has 1 unspecified atom stereocenters. The smallest absolute Gasteiger partial charge is 0.261 e. The fraction of sp³-hybridized carbons (Fsp3) is 0.190. The van der Waals surface area contributed by atoms with Gasteiger partial charge in [-0.1, -0.05) is 30.3 Å². The van der Waals surface area contributed by atoms with Gasteiger partial charge in [-0.3, -0.25) is 19.1 Å². The van der Waals surface area contributed by atoms with E-state index >= 15 is 0 Å². The summed E-state index contributed by atoms with van der Waals surface area (Å²) < 4.78 is 14.9. The third-order valence-corrected chi connectivity index (χ3v) is 5.43. The van der Waals surface area contributed by atoms with Crippen molar-refractivity contribution in [3.05, 3.63) is 86.2 Å². The summed E-state index contributed by atoms with van der Waals surface area (Å²) in [6, 6.07) is 12.2. The Bertz CT molecular complexity index is 1230. The highest BCUT2D eigenvalue weighted by atomic mass is 32.1. The average molecular weight is 411 g/mol. The Morgan fingerprint density at radius 1 is 1.24 bits per heavy atom. The van der Waals surface area contributed by atoms with E-state index in [4.69, 9.17) is 12.2 Å². The molecule has 1 amide bonds. The van der Waals surface area contributed by atoms with Crippen molar-refractivity contribution in [2.45, 2.75) is 19.4 Å². The molecule has 0 radical (unpaired) electrons. The molecule has 6 nitrogen and oxygen atoms in total. The first kappa shape index (κ1) is 19.1. The molecule has 2 heterocycles. The van der Waals surface area contributed by atoms with Crippen molar-refractivity contribution in [2.75, 3.05) is 6.54 Å².